The van der Waals surface area contributed by atoms with Crippen LogP contribution in [0, 0.1) is 13.8 Å². The normalized spacial score (nSPS) is 15.9. The van der Waals surface area contributed by atoms with Crippen LogP contribution >= 0.6 is 11.6 Å². The number of anilines is 3. The summed E-state index contributed by atoms with van der Waals surface area (Å²) in [5.41, 5.74) is 13.9. The molecule has 23 heteroatoms. The number of likely N-dealkylation sites (tertiary alicyclic amines) is 4. The van der Waals surface area contributed by atoms with Crippen molar-refractivity contribution in [2.45, 2.75) is 169 Å². The van der Waals surface area contributed by atoms with Crippen molar-refractivity contribution in [1.29, 1.82) is 0 Å². The largest absolute Gasteiger partial charge is 0.444 e. The molecular weight excluding hydrogens is 1130 g/mol. The third kappa shape index (κ3) is 19.2. The minimum Gasteiger partial charge on any atom is -0.444 e. The van der Waals surface area contributed by atoms with Crippen molar-refractivity contribution < 1.29 is 38.1 Å². The molecule has 4 aromatic heterocycles. The third-order valence-corrected chi connectivity index (χ3v) is 14.7. The Morgan fingerprint density at radius 2 is 1.00 bits per heavy atom. The van der Waals surface area contributed by atoms with Crippen LogP contribution < -0.4 is 11.1 Å². The predicted molar refractivity (Wildman–Crippen MR) is 334 cm³/mol. The molecule has 0 atom stereocenters. The molecule has 0 spiro atoms. The minimum absolute atomic E-state index is 0.0948. The van der Waals surface area contributed by atoms with E-state index in [0.29, 0.717) is 83.3 Å². The van der Waals surface area contributed by atoms with Crippen molar-refractivity contribution in [2.75, 3.05) is 63.4 Å². The summed E-state index contributed by atoms with van der Waals surface area (Å²) in [6.45, 7) is 32.6. The van der Waals surface area contributed by atoms with Crippen LogP contribution in [0.3, 0.4) is 0 Å². The monoisotopic (exact) mass is 1210 g/mol. The number of hydrogen-bond acceptors (Lipinski definition) is 16. The molecule has 468 valence electrons. The number of nitrogens with two attached hydrogens (primary N) is 1. The maximum atomic E-state index is 12.7. The smallest absolute Gasteiger partial charge is 0.410 e. The third-order valence-electron chi connectivity index (χ3n) is 14.5. The number of carbonyl (C=O) groups excluding carboxylic acids is 4. The summed E-state index contributed by atoms with van der Waals surface area (Å²) in [4.78, 5) is 73.3. The highest BCUT2D eigenvalue weighted by atomic mass is 35.5. The van der Waals surface area contributed by atoms with Crippen molar-refractivity contribution in [3.8, 4) is 22.5 Å². The highest BCUT2D eigenvalue weighted by Gasteiger charge is 2.38. The van der Waals surface area contributed by atoms with E-state index in [1.807, 2.05) is 128 Å². The summed E-state index contributed by atoms with van der Waals surface area (Å²) in [5.74, 6) is 0.830. The summed E-state index contributed by atoms with van der Waals surface area (Å²) in [7, 11) is 0. The minimum atomic E-state index is -0.513. The summed E-state index contributed by atoms with van der Waals surface area (Å²) >= 11 is 5.87. The number of nitrogen functional groups attached to an aromatic ring is 1. The quantitative estimate of drug-likeness (QED) is 0.0963. The van der Waals surface area contributed by atoms with Crippen LogP contribution in [0.4, 0.5) is 26.9 Å². The first-order valence-corrected chi connectivity index (χ1v) is 30.2. The molecule has 4 saturated heterocycles. The lowest BCUT2D eigenvalue weighted by molar-refractivity contribution is -0.157. The number of nitrogens with zero attached hydrogens (tertiary/aromatic N) is 12. The fourth-order valence-electron chi connectivity index (χ4n) is 10.1. The van der Waals surface area contributed by atoms with Crippen LogP contribution in [-0.4, -0.2) is 170 Å². The Balaban J connectivity index is 0.000000189. The Kier molecular flexibility index (Phi) is 20.4. The van der Waals surface area contributed by atoms with Crippen LogP contribution in [0.5, 0.6) is 0 Å². The van der Waals surface area contributed by atoms with Gasteiger partial charge < -0.3 is 49.6 Å². The highest BCUT2D eigenvalue weighted by molar-refractivity contribution is 6.28. The standard InChI is InChI=1S/C32H43N7O4.C21H26ClN3O2.C11H18N4O2/c1-21-14-23(9-8-22(21)10-11-28(40)37-19-26(20-37)42-31(2,3)4)27-12-13-33-29(36-27)35-24-15-34-39(16-24)25-17-38(18-25)30(41)43-32(5,6)7;1-14-11-16(18-9-10-23-20(22)24-18)6-5-15(14)7-8-19(26)25-12-17(13-25)27-21(2,3)4;1-11(2,3)17-10(16)14-6-9(7-14)15-5-8(12)4-13-15/h8-9,12-16,25-26H,10-11,17-20H2,1-7H3,(H,33,35,36);5-6,9-11,17H,7-8,12-13H2,1-4H3;4-5,9H,6-7,12H2,1-3H3. The van der Waals surface area contributed by atoms with Crippen LogP contribution in [0.2, 0.25) is 5.28 Å². The molecule has 4 aliphatic rings. The maximum absolute atomic E-state index is 12.7. The number of ether oxygens (including phenoxy) is 4. The molecule has 0 unspecified atom stereocenters. The van der Waals surface area contributed by atoms with E-state index in [1.165, 1.54) is 5.56 Å². The van der Waals surface area contributed by atoms with E-state index in [1.54, 1.807) is 45.5 Å². The topological polar surface area (TPSA) is 243 Å². The molecule has 6 aromatic rings. The number of hydrogen-bond donors (Lipinski definition) is 2. The molecule has 8 heterocycles. The van der Waals surface area contributed by atoms with Gasteiger partial charge in [-0.25, -0.2) is 29.5 Å². The zero-order chi connectivity index (χ0) is 63.2. The predicted octanol–water partition coefficient (Wildman–Crippen LogP) is 10.5. The van der Waals surface area contributed by atoms with Crippen molar-refractivity contribution in [1.82, 2.24) is 59.1 Å². The lowest BCUT2D eigenvalue weighted by Crippen LogP contribution is -2.56. The van der Waals surface area contributed by atoms with Crippen LogP contribution in [0.15, 0.2) is 85.7 Å². The number of carbonyl (C=O) groups is 4. The second kappa shape index (κ2) is 27.1. The average molecular weight is 1220 g/mol. The van der Waals surface area contributed by atoms with Gasteiger partial charge in [0.25, 0.3) is 0 Å². The van der Waals surface area contributed by atoms with Gasteiger partial charge in [0.1, 0.15) is 11.2 Å². The van der Waals surface area contributed by atoms with Crippen molar-refractivity contribution in [3.05, 3.63) is 113 Å². The number of halogens is 1. The molecular formula is C64H87ClN14O8. The average Bonchev–Trinajstić information content (AvgIpc) is 2.03. The first-order chi connectivity index (χ1) is 40.8. The van der Waals surface area contributed by atoms with Gasteiger partial charge in [0.15, 0.2) is 0 Å². The summed E-state index contributed by atoms with van der Waals surface area (Å²) in [6.07, 6.45) is 12.5. The molecule has 0 bridgehead atoms. The number of amides is 4. The molecule has 22 nitrogen and oxygen atoms in total. The molecule has 87 heavy (non-hydrogen) atoms. The van der Waals surface area contributed by atoms with Crippen LogP contribution in [0.25, 0.3) is 22.5 Å². The molecule has 0 saturated carbocycles. The van der Waals surface area contributed by atoms with Crippen molar-refractivity contribution in [3.63, 3.8) is 0 Å². The molecule has 0 radical (unpaired) electrons. The van der Waals surface area contributed by atoms with Gasteiger partial charge in [0.05, 0.1) is 70.7 Å². The first-order valence-electron chi connectivity index (χ1n) is 29.8. The van der Waals surface area contributed by atoms with E-state index in [4.69, 9.17) is 41.3 Å². The van der Waals surface area contributed by atoms with Gasteiger partial charge in [-0.3, -0.25) is 19.0 Å². The van der Waals surface area contributed by atoms with E-state index in [-0.39, 0.29) is 64.8 Å². The Morgan fingerprint density at radius 3 is 1.41 bits per heavy atom. The lowest BCUT2D eigenvalue weighted by Gasteiger charge is -2.42. The van der Waals surface area contributed by atoms with Gasteiger partial charge in [-0.1, -0.05) is 24.3 Å². The SMILES string of the molecule is CC(C)(C)OC(=O)N1CC(n2cc(N)cn2)C1.Cc1cc(-c2ccnc(Cl)n2)ccc1CCC(=O)N1CC(OC(C)(C)C)C1.Cc1cc(-c2ccnc(Nc3cnn(C4CN(C(=O)OC(C)(C)C)C4)c3)n2)ccc1CCC(=O)N1CC(OC(C)(C)C)C1. The Labute approximate surface area is 516 Å². The fourth-order valence-corrected chi connectivity index (χ4v) is 10.2. The second-order valence-electron chi connectivity index (χ2n) is 26.7. The van der Waals surface area contributed by atoms with Gasteiger partial charge in [0.2, 0.25) is 23.0 Å². The van der Waals surface area contributed by atoms with E-state index in [2.05, 4.69) is 68.6 Å². The Morgan fingerprint density at radius 1 is 0.563 bits per heavy atom. The van der Waals surface area contributed by atoms with Crippen molar-refractivity contribution >= 4 is 52.9 Å². The molecule has 4 fully saturated rings. The fraction of sp³-hybridized carbons (Fsp3) is 0.531. The van der Waals surface area contributed by atoms with Gasteiger partial charge in [-0.2, -0.15) is 10.2 Å². The zero-order valence-electron chi connectivity index (χ0n) is 53.0. The van der Waals surface area contributed by atoms with E-state index < -0.39 is 11.2 Å². The van der Waals surface area contributed by atoms with Crippen molar-refractivity contribution in [2.24, 2.45) is 0 Å². The zero-order valence-corrected chi connectivity index (χ0v) is 53.7. The molecule has 2 aromatic carbocycles. The number of aromatic nitrogens is 8. The van der Waals surface area contributed by atoms with E-state index in [9.17, 15) is 19.2 Å². The molecule has 3 N–H and O–H groups in total. The molecule has 4 aliphatic heterocycles. The van der Waals surface area contributed by atoms with Gasteiger partial charge in [-0.05, 0) is 168 Å². The van der Waals surface area contributed by atoms with Gasteiger partial charge in [-0.15, -0.1) is 0 Å². The number of benzene rings is 2. The highest BCUT2D eigenvalue weighted by Crippen LogP contribution is 2.30. The second-order valence-corrected chi connectivity index (χ2v) is 27.1. The molecule has 10 rings (SSSR count). The Bertz CT molecular complexity index is 3350. The summed E-state index contributed by atoms with van der Waals surface area (Å²) in [6, 6.07) is 16.4. The summed E-state index contributed by atoms with van der Waals surface area (Å²) < 4.78 is 26.2. The first kappa shape index (κ1) is 65.3. The van der Waals surface area contributed by atoms with E-state index >= 15 is 0 Å². The number of rotatable bonds is 14. The lowest BCUT2D eigenvalue weighted by atomic mass is 9.99. The Hall–Kier alpha value is -7.69. The maximum Gasteiger partial charge on any atom is 0.410 e. The van der Waals surface area contributed by atoms with E-state index in [0.717, 1.165) is 51.3 Å². The van der Waals surface area contributed by atoms with Crippen LogP contribution in [0.1, 0.15) is 130 Å². The molecule has 0 aliphatic carbocycles. The number of nitrogens with one attached hydrogen (secondary N) is 1. The van der Waals surface area contributed by atoms with Crippen LogP contribution in [-0.2, 0) is 41.4 Å². The van der Waals surface area contributed by atoms with Gasteiger partial charge in [0, 0.05) is 101 Å². The molecule has 4 amide bonds. The summed E-state index contributed by atoms with van der Waals surface area (Å²) in [5, 5.41) is 12.1. The number of aryl methyl sites for hydroxylation is 4. The van der Waals surface area contributed by atoms with Gasteiger partial charge >= 0.3 is 12.2 Å².